The van der Waals surface area contributed by atoms with Gasteiger partial charge in [-0.1, -0.05) is 17.7 Å². The van der Waals surface area contributed by atoms with E-state index in [0.29, 0.717) is 5.75 Å². The van der Waals surface area contributed by atoms with Gasteiger partial charge in [-0.05, 0) is 31.2 Å². The molecule has 2 aromatic rings. The zero-order valence-corrected chi connectivity index (χ0v) is 15.9. The number of benzene rings is 2. The lowest BCUT2D eigenvalue weighted by Gasteiger charge is -2.25. The van der Waals surface area contributed by atoms with Crippen molar-refractivity contribution in [3.8, 4) is 11.5 Å². The first kappa shape index (κ1) is 19.6. The molecule has 0 saturated carbocycles. The number of nitrogens with zero attached hydrogens (tertiary/aromatic N) is 1. The highest BCUT2D eigenvalue weighted by Crippen LogP contribution is 2.35. The number of carbonyl (C=O) groups excluding carboxylic acids is 1. The Kier molecular flexibility index (Phi) is 6.10. The zero-order valence-electron chi connectivity index (χ0n) is 15.1. The molecule has 0 saturated heterocycles. The van der Waals surface area contributed by atoms with E-state index in [4.69, 9.17) is 9.47 Å². The van der Waals surface area contributed by atoms with Crippen molar-refractivity contribution in [1.82, 2.24) is 0 Å². The molecular formula is C18H21NO6S. The van der Waals surface area contributed by atoms with Crippen molar-refractivity contribution in [1.29, 1.82) is 0 Å². The largest absolute Gasteiger partial charge is 0.497 e. The highest BCUT2D eigenvalue weighted by Gasteiger charge is 2.30. The molecule has 26 heavy (non-hydrogen) atoms. The van der Waals surface area contributed by atoms with Gasteiger partial charge < -0.3 is 14.2 Å². The molecule has 0 radical (unpaired) electrons. The van der Waals surface area contributed by atoms with E-state index >= 15 is 0 Å². The normalized spacial score (nSPS) is 10.9. The molecule has 0 atom stereocenters. The van der Waals surface area contributed by atoms with Gasteiger partial charge in [0.1, 0.15) is 18.0 Å². The number of sulfonamides is 1. The number of esters is 1. The molecule has 0 N–H and O–H groups in total. The fourth-order valence-electron chi connectivity index (χ4n) is 2.31. The van der Waals surface area contributed by atoms with Crippen molar-refractivity contribution < 1.29 is 27.4 Å². The van der Waals surface area contributed by atoms with Gasteiger partial charge in [0.25, 0.3) is 10.0 Å². The topological polar surface area (TPSA) is 82.1 Å². The molecule has 0 aliphatic heterocycles. The first-order valence-electron chi connectivity index (χ1n) is 7.71. The van der Waals surface area contributed by atoms with Crippen LogP contribution in [0.5, 0.6) is 11.5 Å². The molecule has 2 rings (SSSR count). The maximum Gasteiger partial charge on any atom is 0.326 e. The van der Waals surface area contributed by atoms with E-state index in [1.807, 2.05) is 6.92 Å². The molecule has 0 spiro atoms. The number of hydrogen-bond acceptors (Lipinski definition) is 6. The summed E-state index contributed by atoms with van der Waals surface area (Å²) in [5.74, 6) is 0.00530. The highest BCUT2D eigenvalue weighted by atomic mass is 32.2. The molecule has 140 valence electrons. The summed E-state index contributed by atoms with van der Waals surface area (Å²) in [4.78, 5) is 11.9. The van der Waals surface area contributed by atoms with E-state index in [0.717, 1.165) is 9.87 Å². The Labute approximate surface area is 153 Å². The van der Waals surface area contributed by atoms with Crippen LogP contribution in [0.3, 0.4) is 0 Å². The van der Waals surface area contributed by atoms with Gasteiger partial charge in [-0.3, -0.25) is 9.10 Å². The molecule has 0 aliphatic rings. The van der Waals surface area contributed by atoms with Gasteiger partial charge in [0, 0.05) is 6.07 Å². The van der Waals surface area contributed by atoms with Crippen molar-refractivity contribution in [2.45, 2.75) is 11.8 Å². The van der Waals surface area contributed by atoms with Crippen LogP contribution in [-0.4, -0.2) is 42.3 Å². The van der Waals surface area contributed by atoms with Crippen molar-refractivity contribution in [2.24, 2.45) is 0 Å². The maximum absolute atomic E-state index is 13.2. The molecule has 0 aliphatic carbocycles. The molecule has 0 amide bonds. The Balaban J connectivity index is 2.64. The SMILES string of the molecule is COC(=O)CN(c1cc(OC)ccc1OC)S(=O)(=O)c1ccc(C)cc1. The first-order chi connectivity index (χ1) is 12.3. The zero-order chi connectivity index (χ0) is 19.3. The molecule has 0 fully saturated rings. The molecule has 0 heterocycles. The van der Waals surface area contributed by atoms with Crippen LogP contribution in [-0.2, 0) is 19.6 Å². The van der Waals surface area contributed by atoms with Crippen molar-refractivity contribution >= 4 is 21.7 Å². The van der Waals surface area contributed by atoms with Crippen LogP contribution in [0, 0.1) is 6.92 Å². The summed E-state index contributed by atoms with van der Waals surface area (Å²) in [6.07, 6.45) is 0. The van der Waals surface area contributed by atoms with Gasteiger partial charge in [-0.2, -0.15) is 0 Å². The Morgan fingerprint density at radius 2 is 1.65 bits per heavy atom. The lowest BCUT2D eigenvalue weighted by atomic mass is 10.2. The Hall–Kier alpha value is -2.74. The van der Waals surface area contributed by atoms with Gasteiger partial charge in [0.05, 0.1) is 31.9 Å². The Morgan fingerprint density at radius 1 is 1.00 bits per heavy atom. The summed E-state index contributed by atoms with van der Waals surface area (Å²) >= 11 is 0. The van der Waals surface area contributed by atoms with Crippen molar-refractivity contribution in [3.63, 3.8) is 0 Å². The van der Waals surface area contributed by atoms with Crippen LogP contribution in [0.2, 0.25) is 0 Å². The summed E-state index contributed by atoms with van der Waals surface area (Å²) < 4.78 is 42.4. The predicted molar refractivity (Wildman–Crippen MR) is 97.3 cm³/mol. The third-order valence-corrected chi connectivity index (χ3v) is 5.54. The number of methoxy groups -OCH3 is 3. The number of anilines is 1. The van der Waals surface area contributed by atoms with Crippen LogP contribution < -0.4 is 13.8 Å². The van der Waals surface area contributed by atoms with Crippen LogP contribution in [0.4, 0.5) is 5.69 Å². The highest BCUT2D eigenvalue weighted by molar-refractivity contribution is 7.92. The fourth-order valence-corrected chi connectivity index (χ4v) is 3.72. The molecular weight excluding hydrogens is 358 g/mol. The molecule has 2 aromatic carbocycles. The Morgan fingerprint density at radius 3 is 2.19 bits per heavy atom. The minimum absolute atomic E-state index is 0.0527. The second kappa shape index (κ2) is 8.09. The maximum atomic E-state index is 13.2. The fraction of sp³-hybridized carbons (Fsp3) is 0.278. The minimum Gasteiger partial charge on any atom is -0.497 e. The third kappa shape index (κ3) is 4.08. The van der Waals surface area contributed by atoms with Crippen LogP contribution in [0.15, 0.2) is 47.4 Å². The number of aryl methyl sites for hydroxylation is 1. The van der Waals surface area contributed by atoms with E-state index in [9.17, 15) is 13.2 Å². The summed E-state index contributed by atoms with van der Waals surface area (Å²) in [6.45, 7) is 1.35. The van der Waals surface area contributed by atoms with E-state index in [-0.39, 0.29) is 16.3 Å². The summed E-state index contributed by atoms with van der Waals surface area (Å²) in [5.41, 5.74) is 1.10. The average molecular weight is 379 g/mol. The van der Waals surface area contributed by atoms with Crippen LogP contribution in [0.1, 0.15) is 5.56 Å². The number of ether oxygens (including phenoxy) is 3. The second-order valence-electron chi connectivity index (χ2n) is 5.44. The first-order valence-corrected chi connectivity index (χ1v) is 9.15. The molecule has 8 heteroatoms. The second-order valence-corrected chi connectivity index (χ2v) is 7.30. The molecule has 0 unspecified atom stereocenters. The summed E-state index contributed by atoms with van der Waals surface area (Å²) in [5, 5.41) is 0. The van der Waals surface area contributed by atoms with Crippen LogP contribution in [0.25, 0.3) is 0 Å². The lowest BCUT2D eigenvalue weighted by Crippen LogP contribution is -2.36. The monoisotopic (exact) mass is 379 g/mol. The average Bonchev–Trinajstić information content (AvgIpc) is 2.65. The third-order valence-electron chi connectivity index (χ3n) is 3.76. The van der Waals surface area contributed by atoms with E-state index in [1.165, 1.54) is 39.5 Å². The minimum atomic E-state index is -4.04. The molecule has 0 aromatic heterocycles. The van der Waals surface area contributed by atoms with Crippen molar-refractivity contribution in [2.75, 3.05) is 32.2 Å². The molecule has 0 bridgehead atoms. The van der Waals surface area contributed by atoms with Crippen molar-refractivity contribution in [3.05, 3.63) is 48.0 Å². The number of hydrogen-bond donors (Lipinski definition) is 0. The lowest BCUT2D eigenvalue weighted by molar-refractivity contribution is -0.138. The predicted octanol–water partition coefficient (Wildman–Crippen LogP) is 2.38. The van der Waals surface area contributed by atoms with Gasteiger partial charge in [-0.15, -0.1) is 0 Å². The van der Waals surface area contributed by atoms with Crippen LogP contribution >= 0.6 is 0 Å². The van der Waals surface area contributed by atoms with Gasteiger partial charge in [0.2, 0.25) is 0 Å². The molecule has 7 nitrogen and oxygen atoms in total. The van der Waals surface area contributed by atoms with Gasteiger partial charge in [0.15, 0.2) is 0 Å². The number of carbonyl (C=O) groups is 1. The Bertz CT molecular complexity index is 877. The van der Waals surface area contributed by atoms with E-state index in [2.05, 4.69) is 4.74 Å². The summed E-state index contributed by atoms with van der Waals surface area (Å²) in [6, 6.07) is 11.1. The van der Waals surface area contributed by atoms with E-state index < -0.39 is 22.5 Å². The quantitative estimate of drug-likeness (QED) is 0.687. The standard InChI is InChI=1S/C18H21NO6S/c1-13-5-8-15(9-6-13)26(21,22)19(12-18(20)25-4)16-11-14(23-2)7-10-17(16)24-3/h5-11H,12H2,1-4H3. The van der Waals surface area contributed by atoms with E-state index in [1.54, 1.807) is 24.3 Å². The number of rotatable bonds is 7. The van der Waals surface area contributed by atoms with Gasteiger partial charge >= 0.3 is 5.97 Å². The summed E-state index contributed by atoms with van der Waals surface area (Å²) in [7, 11) is 0.0394. The smallest absolute Gasteiger partial charge is 0.326 e. The van der Waals surface area contributed by atoms with Gasteiger partial charge in [-0.25, -0.2) is 8.42 Å².